The molecule has 3 heteroatoms. The first kappa shape index (κ1) is 13.7. The standard InChI is InChI=1S/C14H20O3/c1-12(2)7-8-16-9-10-17-14-6-4-3-5-13(14)11-15/h3-6,11-12H,7-10H2,1-2H3. The van der Waals surface area contributed by atoms with E-state index < -0.39 is 0 Å². The third-order valence-electron chi connectivity index (χ3n) is 2.37. The molecule has 0 saturated heterocycles. The maximum atomic E-state index is 10.7. The average molecular weight is 236 g/mol. The van der Waals surface area contributed by atoms with Crippen LogP contribution in [-0.4, -0.2) is 26.1 Å². The highest BCUT2D eigenvalue weighted by molar-refractivity contribution is 5.79. The molecule has 94 valence electrons. The van der Waals surface area contributed by atoms with E-state index in [1.807, 2.05) is 12.1 Å². The van der Waals surface area contributed by atoms with Crippen LogP contribution in [-0.2, 0) is 4.74 Å². The van der Waals surface area contributed by atoms with Crippen LogP contribution in [0.25, 0.3) is 0 Å². The number of carbonyl (C=O) groups excluding carboxylic acids is 1. The van der Waals surface area contributed by atoms with Crippen LogP contribution < -0.4 is 4.74 Å². The summed E-state index contributed by atoms with van der Waals surface area (Å²) >= 11 is 0. The number of hydrogen-bond acceptors (Lipinski definition) is 3. The summed E-state index contributed by atoms with van der Waals surface area (Å²) in [5.41, 5.74) is 0.578. The van der Waals surface area contributed by atoms with Crippen molar-refractivity contribution in [2.75, 3.05) is 19.8 Å². The monoisotopic (exact) mass is 236 g/mol. The Bertz CT molecular complexity index is 334. The first-order chi connectivity index (χ1) is 8.24. The van der Waals surface area contributed by atoms with E-state index >= 15 is 0 Å². The molecule has 0 spiro atoms. The van der Waals surface area contributed by atoms with E-state index in [0.29, 0.717) is 30.4 Å². The predicted molar refractivity (Wildman–Crippen MR) is 67.6 cm³/mol. The van der Waals surface area contributed by atoms with Gasteiger partial charge in [-0.3, -0.25) is 4.79 Å². The van der Waals surface area contributed by atoms with E-state index in [1.54, 1.807) is 12.1 Å². The Morgan fingerprint density at radius 3 is 2.65 bits per heavy atom. The van der Waals surface area contributed by atoms with Crippen molar-refractivity contribution >= 4 is 6.29 Å². The van der Waals surface area contributed by atoms with E-state index in [1.165, 1.54) is 0 Å². The summed E-state index contributed by atoms with van der Waals surface area (Å²) in [5, 5.41) is 0. The van der Waals surface area contributed by atoms with Crippen LogP contribution in [0.2, 0.25) is 0 Å². The van der Waals surface area contributed by atoms with Gasteiger partial charge < -0.3 is 9.47 Å². The van der Waals surface area contributed by atoms with Gasteiger partial charge in [-0.05, 0) is 24.5 Å². The molecule has 1 rings (SSSR count). The zero-order valence-corrected chi connectivity index (χ0v) is 10.5. The molecule has 0 aliphatic rings. The second-order valence-electron chi connectivity index (χ2n) is 4.30. The van der Waals surface area contributed by atoms with Crippen molar-refractivity contribution in [2.45, 2.75) is 20.3 Å². The minimum atomic E-state index is 0.475. The summed E-state index contributed by atoms with van der Waals surface area (Å²) in [5.74, 6) is 1.28. The highest BCUT2D eigenvalue weighted by atomic mass is 16.5. The Morgan fingerprint density at radius 2 is 1.94 bits per heavy atom. The molecule has 0 radical (unpaired) electrons. The average Bonchev–Trinajstić information content (AvgIpc) is 2.33. The zero-order valence-electron chi connectivity index (χ0n) is 10.5. The van der Waals surface area contributed by atoms with Gasteiger partial charge in [0.1, 0.15) is 12.4 Å². The number of para-hydroxylation sites is 1. The fourth-order valence-electron chi connectivity index (χ4n) is 1.34. The molecule has 0 aliphatic carbocycles. The first-order valence-electron chi connectivity index (χ1n) is 5.98. The van der Waals surface area contributed by atoms with E-state index in [9.17, 15) is 4.79 Å². The Kier molecular flexibility index (Phi) is 6.33. The summed E-state index contributed by atoms with van der Waals surface area (Å²) < 4.78 is 10.9. The number of benzene rings is 1. The van der Waals surface area contributed by atoms with Gasteiger partial charge in [-0.2, -0.15) is 0 Å². The third kappa shape index (κ3) is 5.50. The van der Waals surface area contributed by atoms with Crippen LogP contribution in [0, 0.1) is 5.92 Å². The van der Waals surface area contributed by atoms with Crippen molar-refractivity contribution in [3.05, 3.63) is 29.8 Å². The molecular weight excluding hydrogens is 216 g/mol. The van der Waals surface area contributed by atoms with Gasteiger partial charge in [0, 0.05) is 6.61 Å². The van der Waals surface area contributed by atoms with Crippen LogP contribution in [0.4, 0.5) is 0 Å². The molecule has 0 unspecified atom stereocenters. The van der Waals surface area contributed by atoms with Gasteiger partial charge in [-0.25, -0.2) is 0 Å². The summed E-state index contributed by atoms with van der Waals surface area (Å²) in [7, 11) is 0. The SMILES string of the molecule is CC(C)CCOCCOc1ccccc1C=O. The second kappa shape index (κ2) is 7.85. The lowest BCUT2D eigenvalue weighted by Crippen LogP contribution is -2.09. The van der Waals surface area contributed by atoms with E-state index in [4.69, 9.17) is 9.47 Å². The lowest BCUT2D eigenvalue weighted by molar-refractivity contribution is 0.0917. The summed E-state index contributed by atoms with van der Waals surface area (Å²) in [4.78, 5) is 10.7. The van der Waals surface area contributed by atoms with Crippen molar-refractivity contribution in [1.82, 2.24) is 0 Å². The molecule has 0 saturated carbocycles. The number of hydrogen-bond donors (Lipinski definition) is 0. The lowest BCUT2D eigenvalue weighted by atomic mass is 10.1. The Hall–Kier alpha value is -1.35. The summed E-state index contributed by atoms with van der Waals surface area (Å²) in [6.45, 7) is 6.12. The normalized spacial score (nSPS) is 10.5. The van der Waals surface area contributed by atoms with Crippen molar-refractivity contribution in [1.29, 1.82) is 0 Å². The highest BCUT2D eigenvalue weighted by Crippen LogP contribution is 2.15. The molecule has 0 heterocycles. The molecule has 0 atom stereocenters. The Balaban J connectivity index is 2.20. The molecule has 0 fully saturated rings. The van der Waals surface area contributed by atoms with E-state index in [0.717, 1.165) is 19.3 Å². The Morgan fingerprint density at radius 1 is 1.18 bits per heavy atom. The molecule has 0 amide bonds. The van der Waals surface area contributed by atoms with Crippen LogP contribution in [0.1, 0.15) is 30.6 Å². The topological polar surface area (TPSA) is 35.5 Å². The van der Waals surface area contributed by atoms with Gasteiger partial charge in [0.25, 0.3) is 0 Å². The van der Waals surface area contributed by atoms with Crippen LogP contribution in [0.15, 0.2) is 24.3 Å². The smallest absolute Gasteiger partial charge is 0.153 e. The quantitative estimate of drug-likeness (QED) is 0.514. The molecular formula is C14H20O3. The number of rotatable bonds is 8. The molecule has 0 bridgehead atoms. The van der Waals surface area contributed by atoms with Crippen molar-refractivity contribution in [3.8, 4) is 5.75 Å². The van der Waals surface area contributed by atoms with Gasteiger partial charge >= 0.3 is 0 Å². The van der Waals surface area contributed by atoms with Gasteiger partial charge in [0.05, 0.1) is 12.2 Å². The van der Waals surface area contributed by atoms with Crippen LogP contribution in [0.3, 0.4) is 0 Å². The Labute approximate surface area is 103 Å². The molecule has 1 aromatic carbocycles. The maximum absolute atomic E-state index is 10.7. The van der Waals surface area contributed by atoms with Crippen molar-refractivity contribution < 1.29 is 14.3 Å². The minimum Gasteiger partial charge on any atom is -0.490 e. The van der Waals surface area contributed by atoms with Gasteiger partial charge in [0.2, 0.25) is 0 Å². The summed E-state index contributed by atoms with van der Waals surface area (Å²) in [6.07, 6.45) is 1.86. The zero-order chi connectivity index (χ0) is 12.5. The highest BCUT2D eigenvalue weighted by Gasteiger charge is 2.00. The van der Waals surface area contributed by atoms with E-state index in [-0.39, 0.29) is 0 Å². The fraction of sp³-hybridized carbons (Fsp3) is 0.500. The maximum Gasteiger partial charge on any atom is 0.153 e. The van der Waals surface area contributed by atoms with Gasteiger partial charge in [-0.1, -0.05) is 26.0 Å². The molecule has 3 nitrogen and oxygen atoms in total. The third-order valence-corrected chi connectivity index (χ3v) is 2.37. The largest absolute Gasteiger partial charge is 0.490 e. The van der Waals surface area contributed by atoms with Crippen molar-refractivity contribution in [3.63, 3.8) is 0 Å². The minimum absolute atomic E-state index is 0.475. The molecule has 1 aromatic rings. The molecule has 0 N–H and O–H groups in total. The van der Waals surface area contributed by atoms with Gasteiger partial charge in [0.15, 0.2) is 6.29 Å². The lowest BCUT2D eigenvalue weighted by Gasteiger charge is -2.09. The fourth-order valence-corrected chi connectivity index (χ4v) is 1.34. The summed E-state index contributed by atoms with van der Waals surface area (Å²) in [6, 6.07) is 7.19. The number of carbonyl (C=O) groups is 1. The molecule has 17 heavy (non-hydrogen) atoms. The second-order valence-corrected chi connectivity index (χ2v) is 4.30. The molecule has 0 aliphatic heterocycles. The van der Waals surface area contributed by atoms with E-state index in [2.05, 4.69) is 13.8 Å². The predicted octanol–water partition coefficient (Wildman–Crippen LogP) is 2.94. The van der Waals surface area contributed by atoms with Crippen LogP contribution >= 0.6 is 0 Å². The van der Waals surface area contributed by atoms with Crippen LogP contribution in [0.5, 0.6) is 5.75 Å². The van der Waals surface area contributed by atoms with Crippen molar-refractivity contribution in [2.24, 2.45) is 5.92 Å². The van der Waals surface area contributed by atoms with Gasteiger partial charge in [-0.15, -0.1) is 0 Å². The number of ether oxygens (including phenoxy) is 2. The number of aldehydes is 1. The first-order valence-corrected chi connectivity index (χ1v) is 5.98. The molecule has 0 aromatic heterocycles.